The number of morpholine rings is 1. The van der Waals surface area contributed by atoms with Gasteiger partial charge in [0.2, 0.25) is 5.91 Å². The van der Waals surface area contributed by atoms with Gasteiger partial charge in [0.15, 0.2) is 0 Å². The van der Waals surface area contributed by atoms with Gasteiger partial charge >= 0.3 is 0 Å². The van der Waals surface area contributed by atoms with Crippen molar-refractivity contribution >= 4 is 5.91 Å². The van der Waals surface area contributed by atoms with Crippen LogP contribution in [-0.2, 0) is 16.1 Å². The first kappa shape index (κ1) is 14.4. The fourth-order valence-corrected chi connectivity index (χ4v) is 3.15. The molecule has 3 rings (SSSR count). The molecule has 6 heteroatoms. The second-order valence-corrected chi connectivity index (χ2v) is 5.88. The van der Waals surface area contributed by atoms with E-state index in [4.69, 9.17) is 4.74 Å². The van der Waals surface area contributed by atoms with E-state index in [1.807, 2.05) is 11.0 Å². The Morgan fingerprint density at radius 2 is 2.00 bits per heavy atom. The molecule has 1 aromatic heterocycles. The highest BCUT2D eigenvalue weighted by Gasteiger charge is 2.37. The maximum absolute atomic E-state index is 12.6. The SMILES string of the molecule is C[C@@H]1CN(Cc2ncccn2)C[C@H]1C(=O)N1CCOCC1. The lowest BCUT2D eigenvalue weighted by Crippen LogP contribution is -2.45. The zero-order valence-corrected chi connectivity index (χ0v) is 12.4. The summed E-state index contributed by atoms with van der Waals surface area (Å²) in [5.41, 5.74) is 0. The smallest absolute Gasteiger partial charge is 0.227 e. The Bertz CT molecular complexity index is 476. The normalized spacial score (nSPS) is 27.0. The third kappa shape index (κ3) is 3.39. The molecule has 0 bridgehead atoms. The topological polar surface area (TPSA) is 58.6 Å². The molecule has 1 amide bonds. The van der Waals surface area contributed by atoms with E-state index in [1.54, 1.807) is 12.4 Å². The highest BCUT2D eigenvalue weighted by molar-refractivity contribution is 5.79. The van der Waals surface area contributed by atoms with Crippen molar-refractivity contribution in [3.63, 3.8) is 0 Å². The Hall–Kier alpha value is -1.53. The van der Waals surface area contributed by atoms with Gasteiger partial charge in [0.1, 0.15) is 5.82 Å². The second kappa shape index (κ2) is 6.49. The van der Waals surface area contributed by atoms with Crippen LogP contribution >= 0.6 is 0 Å². The maximum atomic E-state index is 12.6. The van der Waals surface area contributed by atoms with Crippen LogP contribution in [0.3, 0.4) is 0 Å². The van der Waals surface area contributed by atoms with Crippen LogP contribution in [0.4, 0.5) is 0 Å². The lowest BCUT2D eigenvalue weighted by atomic mass is 9.96. The van der Waals surface area contributed by atoms with Crippen LogP contribution in [0.25, 0.3) is 0 Å². The monoisotopic (exact) mass is 290 g/mol. The predicted octanol–water partition coefficient (Wildman–Crippen LogP) is 0.403. The van der Waals surface area contributed by atoms with Gasteiger partial charge in [-0.2, -0.15) is 0 Å². The van der Waals surface area contributed by atoms with Crippen LogP contribution in [0.5, 0.6) is 0 Å². The average molecular weight is 290 g/mol. The number of carbonyl (C=O) groups excluding carboxylic acids is 1. The van der Waals surface area contributed by atoms with Crippen molar-refractivity contribution < 1.29 is 9.53 Å². The fraction of sp³-hybridized carbons (Fsp3) is 0.667. The van der Waals surface area contributed by atoms with Crippen LogP contribution in [-0.4, -0.2) is 65.1 Å². The summed E-state index contributed by atoms with van der Waals surface area (Å²) >= 11 is 0. The Labute approximate surface area is 125 Å². The first-order chi connectivity index (χ1) is 10.2. The minimum Gasteiger partial charge on any atom is -0.378 e. The number of ether oxygens (including phenoxy) is 1. The summed E-state index contributed by atoms with van der Waals surface area (Å²) in [6.45, 7) is 7.39. The molecular weight excluding hydrogens is 268 g/mol. The van der Waals surface area contributed by atoms with E-state index < -0.39 is 0 Å². The van der Waals surface area contributed by atoms with Crippen molar-refractivity contribution in [1.29, 1.82) is 0 Å². The van der Waals surface area contributed by atoms with Crippen LogP contribution < -0.4 is 0 Å². The molecule has 0 aromatic carbocycles. The lowest BCUT2D eigenvalue weighted by molar-refractivity contribution is -0.140. The largest absolute Gasteiger partial charge is 0.378 e. The van der Waals surface area contributed by atoms with E-state index in [1.165, 1.54) is 0 Å². The lowest BCUT2D eigenvalue weighted by Gasteiger charge is -2.30. The molecule has 6 nitrogen and oxygen atoms in total. The minimum absolute atomic E-state index is 0.0896. The molecule has 3 heterocycles. The van der Waals surface area contributed by atoms with Gasteiger partial charge in [-0.1, -0.05) is 6.92 Å². The summed E-state index contributed by atoms with van der Waals surface area (Å²) < 4.78 is 5.32. The summed E-state index contributed by atoms with van der Waals surface area (Å²) in [5, 5.41) is 0. The summed E-state index contributed by atoms with van der Waals surface area (Å²) in [7, 11) is 0. The highest BCUT2D eigenvalue weighted by atomic mass is 16.5. The number of likely N-dealkylation sites (tertiary alicyclic amines) is 1. The first-order valence-electron chi connectivity index (χ1n) is 7.59. The molecular formula is C15H22N4O2. The molecule has 1 aromatic rings. The molecule has 0 unspecified atom stereocenters. The van der Waals surface area contributed by atoms with Gasteiger partial charge in [-0.3, -0.25) is 9.69 Å². The van der Waals surface area contributed by atoms with Crippen molar-refractivity contribution in [3.8, 4) is 0 Å². The number of hydrogen-bond donors (Lipinski definition) is 0. The molecule has 2 fully saturated rings. The summed E-state index contributed by atoms with van der Waals surface area (Å²) in [6, 6.07) is 1.82. The Kier molecular flexibility index (Phi) is 4.45. The van der Waals surface area contributed by atoms with Gasteiger partial charge in [-0.25, -0.2) is 9.97 Å². The van der Waals surface area contributed by atoms with Gasteiger partial charge in [0.05, 0.1) is 25.7 Å². The summed E-state index contributed by atoms with van der Waals surface area (Å²) in [4.78, 5) is 25.4. The summed E-state index contributed by atoms with van der Waals surface area (Å²) in [5.74, 6) is 1.57. The van der Waals surface area contributed by atoms with E-state index in [9.17, 15) is 4.79 Å². The maximum Gasteiger partial charge on any atom is 0.227 e. The zero-order valence-electron chi connectivity index (χ0n) is 12.4. The van der Waals surface area contributed by atoms with Crippen molar-refractivity contribution in [1.82, 2.24) is 19.8 Å². The first-order valence-corrected chi connectivity index (χ1v) is 7.59. The third-order valence-electron chi connectivity index (χ3n) is 4.31. The van der Waals surface area contributed by atoms with Gasteiger partial charge in [0.25, 0.3) is 0 Å². The predicted molar refractivity (Wildman–Crippen MR) is 77.4 cm³/mol. The van der Waals surface area contributed by atoms with Crippen LogP contribution in [0.1, 0.15) is 12.7 Å². The van der Waals surface area contributed by atoms with Gasteiger partial charge in [-0.15, -0.1) is 0 Å². The summed E-state index contributed by atoms with van der Waals surface area (Å²) in [6.07, 6.45) is 3.52. The molecule has 0 radical (unpaired) electrons. The van der Waals surface area contributed by atoms with Crippen LogP contribution in [0.2, 0.25) is 0 Å². The van der Waals surface area contributed by atoms with Crippen molar-refractivity contribution in [2.45, 2.75) is 13.5 Å². The Morgan fingerprint density at radius 3 is 2.71 bits per heavy atom. The average Bonchev–Trinajstić information content (AvgIpc) is 2.89. The molecule has 2 atom stereocenters. The number of rotatable bonds is 3. The van der Waals surface area contributed by atoms with Crippen molar-refractivity contribution in [3.05, 3.63) is 24.3 Å². The zero-order chi connectivity index (χ0) is 14.7. The standard InChI is InChI=1S/C15H22N4O2/c1-12-9-18(11-14-16-3-2-4-17-14)10-13(12)15(20)19-5-7-21-8-6-19/h2-4,12-13H,5-11H2,1H3/t12-,13-/m1/s1. The van der Waals surface area contributed by atoms with E-state index in [-0.39, 0.29) is 11.8 Å². The van der Waals surface area contributed by atoms with Crippen molar-refractivity contribution in [2.75, 3.05) is 39.4 Å². The molecule has 0 aliphatic carbocycles. The number of nitrogens with zero attached hydrogens (tertiary/aromatic N) is 4. The van der Waals surface area contributed by atoms with Gasteiger partial charge < -0.3 is 9.64 Å². The number of amides is 1. The number of hydrogen-bond acceptors (Lipinski definition) is 5. The number of aromatic nitrogens is 2. The minimum atomic E-state index is 0.0896. The van der Waals surface area contributed by atoms with Gasteiger partial charge in [0, 0.05) is 38.6 Å². The fourth-order valence-electron chi connectivity index (χ4n) is 3.15. The Morgan fingerprint density at radius 1 is 1.29 bits per heavy atom. The molecule has 0 saturated carbocycles. The Balaban J connectivity index is 1.59. The molecule has 2 saturated heterocycles. The van der Waals surface area contributed by atoms with Crippen LogP contribution in [0, 0.1) is 11.8 Å². The molecule has 0 spiro atoms. The van der Waals surface area contributed by atoms with Crippen molar-refractivity contribution in [2.24, 2.45) is 11.8 Å². The quantitative estimate of drug-likeness (QED) is 0.806. The third-order valence-corrected chi connectivity index (χ3v) is 4.31. The molecule has 2 aliphatic rings. The highest BCUT2D eigenvalue weighted by Crippen LogP contribution is 2.26. The van der Waals surface area contributed by atoms with Crippen LogP contribution in [0.15, 0.2) is 18.5 Å². The molecule has 114 valence electrons. The molecule has 2 aliphatic heterocycles. The van der Waals surface area contributed by atoms with E-state index in [0.717, 1.165) is 38.5 Å². The molecule has 21 heavy (non-hydrogen) atoms. The second-order valence-electron chi connectivity index (χ2n) is 5.88. The van der Waals surface area contributed by atoms with E-state index >= 15 is 0 Å². The molecule has 0 N–H and O–H groups in total. The number of carbonyl (C=O) groups is 1. The van der Waals surface area contributed by atoms with E-state index in [2.05, 4.69) is 21.8 Å². The van der Waals surface area contributed by atoms with Gasteiger partial charge in [-0.05, 0) is 12.0 Å². The van der Waals surface area contributed by atoms with E-state index in [0.29, 0.717) is 19.1 Å².